The number of aliphatic hydroxyl groups excluding tert-OH is 2. The van der Waals surface area contributed by atoms with Crippen LogP contribution in [0.2, 0.25) is 0 Å². The highest BCUT2D eigenvalue weighted by atomic mass is 16.3. The smallest absolute Gasteiger partial charge is 0.229 e. The summed E-state index contributed by atoms with van der Waals surface area (Å²) >= 11 is 0. The standard InChI is InChI=1S/C8H16N2O4/c1-4(11)8(5(2)12,7(10)14)3-6(9)13/h4-5,11-12H,3H2,1-2H3,(H2,9,13)(H2,10,14). The number of amides is 2. The molecule has 0 aliphatic heterocycles. The molecule has 2 unspecified atom stereocenters. The maximum absolute atomic E-state index is 11.1. The Labute approximate surface area is 81.9 Å². The van der Waals surface area contributed by atoms with E-state index in [2.05, 4.69) is 0 Å². The molecular formula is C8H16N2O4. The van der Waals surface area contributed by atoms with Crippen LogP contribution in [0.15, 0.2) is 0 Å². The highest BCUT2D eigenvalue weighted by Crippen LogP contribution is 2.30. The molecule has 0 bridgehead atoms. The summed E-state index contributed by atoms with van der Waals surface area (Å²) < 4.78 is 0. The minimum absolute atomic E-state index is 0.475. The van der Waals surface area contributed by atoms with E-state index in [1.165, 1.54) is 13.8 Å². The molecule has 0 saturated carbocycles. The Hall–Kier alpha value is -1.14. The summed E-state index contributed by atoms with van der Waals surface area (Å²) in [5.74, 6) is -1.74. The Morgan fingerprint density at radius 3 is 1.64 bits per heavy atom. The molecule has 0 aromatic carbocycles. The van der Waals surface area contributed by atoms with Crippen molar-refractivity contribution in [2.24, 2.45) is 16.9 Å². The van der Waals surface area contributed by atoms with Gasteiger partial charge in [-0.15, -0.1) is 0 Å². The van der Waals surface area contributed by atoms with Crippen LogP contribution in [-0.4, -0.2) is 34.2 Å². The van der Waals surface area contributed by atoms with Gasteiger partial charge in [0.25, 0.3) is 0 Å². The summed E-state index contributed by atoms with van der Waals surface area (Å²) in [6.45, 7) is 2.56. The molecule has 0 rings (SSSR count). The van der Waals surface area contributed by atoms with Gasteiger partial charge in [0.2, 0.25) is 11.8 Å². The molecule has 2 atom stereocenters. The highest BCUT2D eigenvalue weighted by Gasteiger charge is 2.47. The van der Waals surface area contributed by atoms with Gasteiger partial charge < -0.3 is 21.7 Å². The Morgan fingerprint density at radius 2 is 1.57 bits per heavy atom. The number of nitrogens with two attached hydrogens (primary N) is 2. The number of rotatable bonds is 5. The fraction of sp³-hybridized carbons (Fsp3) is 0.750. The summed E-state index contributed by atoms with van der Waals surface area (Å²) in [5, 5.41) is 18.8. The molecule has 82 valence electrons. The zero-order valence-electron chi connectivity index (χ0n) is 8.23. The maximum Gasteiger partial charge on any atom is 0.229 e. The van der Waals surface area contributed by atoms with Crippen molar-refractivity contribution in [1.29, 1.82) is 0 Å². The van der Waals surface area contributed by atoms with Crippen LogP contribution in [-0.2, 0) is 9.59 Å². The number of aliphatic hydroxyl groups is 2. The molecule has 0 spiro atoms. The number of hydrogen-bond acceptors (Lipinski definition) is 4. The van der Waals surface area contributed by atoms with E-state index in [0.717, 1.165) is 0 Å². The van der Waals surface area contributed by atoms with Crippen LogP contribution in [0.25, 0.3) is 0 Å². The lowest BCUT2D eigenvalue weighted by molar-refractivity contribution is -0.150. The SMILES string of the molecule is CC(O)C(CC(N)=O)(C(N)=O)C(C)O. The average Bonchev–Trinajstić information content (AvgIpc) is 1.97. The number of primary amides is 2. The molecule has 0 aliphatic rings. The van der Waals surface area contributed by atoms with Crippen LogP contribution in [0.5, 0.6) is 0 Å². The summed E-state index contributed by atoms with van der Waals surface area (Å²) in [5.41, 5.74) is 8.28. The summed E-state index contributed by atoms with van der Waals surface area (Å²) in [7, 11) is 0. The number of carbonyl (C=O) groups is 2. The van der Waals surface area contributed by atoms with Gasteiger partial charge in [0.15, 0.2) is 0 Å². The van der Waals surface area contributed by atoms with Crippen molar-refractivity contribution in [2.75, 3.05) is 0 Å². The fourth-order valence-corrected chi connectivity index (χ4v) is 1.43. The van der Waals surface area contributed by atoms with Gasteiger partial charge in [-0.25, -0.2) is 0 Å². The lowest BCUT2D eigenvalue weighted by Crippen LogP contribution is -2.54. The van der Waals surface area contributed by atoms with Gasteiger partial charge in [-0.05, 0) is 13.8 Å². The van der Waals surface area contributed by atoms with Gasteiger partial charge in [0, 0.05) is 6.42 Å². The third-order valence-corrected chi connectivity index (χ3v) is 2.42. The van der Waals surface area contributed by atoms with Gasteiger partial charge in [-0.3, -0.25) is 9.59 Å². The molecule has 0 heterocycles. The van der Waals surface area contributed by atoms with Gasteiger partial charge in [0.1, 0.15) is 5.41 Å². The van der Waals surface area contributed by atoms with Gasteiger partial charge >= 0.3 is 0 Å². The Kier molecular flexibility index (Phi) is 4.03. The second kappa shape index (κ2) is 4.39. The summed E-state index contributed by atoms with van der Waals surface area (Å²) in [4.78, 5) is 21.9. The van der Waals surface area contributed by atoms with Crippen LogP contribution < -0.4 is 11.5 Å². The van der Waals surface area contributed by atoms with Crippen molar-refractivity contribution in [3.63, 3.8) is 0 Å². The first-order chi connectivity index (χ1) is 6.25. The normalized spacial score (nSPS) is 19.4. The molecule has 0 fully saturated rings. The second-order valence-electron chi connectivity index (χ2n) is 3.40. The molecule has 0 aliphatic carbocycles. The van der Waals surface area contributed by atoms with Gasteiger partial charge in [-0.1, -0.05) is 0 Å². The third kappa shape index (κ3) is 2.21. The monoisotopic (exact) mass is 204 g/mol. The largest absolute Gasteiger partial charge is 0.392 e. The lowest BCUT2D eigenvalue weighted by atomic mass is 9.74. The quantitative estimate of drug-likeness (QED) is 0.417. The number of hydrogen-bond donors (Lipinski definition) is 4. The molecular weight excluding hydrogens is 188 g/mol. The third-order valence-electron chi connectivity index (χ3n) is 2.42. The average molecular weight is 204 g/mol. The zero-order chi connectivity index (χ0) is 11.5. The molecule has 6 N–H and O–H groups in total. The van der Waals surface area contributed by atoms with Gasteiger partial charge in [-0.2, -0.15) is 0 Å². The van der Waals surface area contributed by atoms with E-state index in [4.69, 9.17) is 11.5 Å². The molecule has 6 nitrogen and oxygen atoms in total. The molecule has 0 aromatic rings. The van der Waals surface area contributed by atoms with E-state index >= 15 is 0 Å². The minimum atomic E-state index is -1.70. The Bertz CT molecular complexity index is 229. The first-order valence-electron chi connectivity index (χ1n) is 4.19. The molecule has 14 heavy (non-hydrogen) atoms. The van der Waals surface area contributed by atoms with Crippen LogP contribution in [0.3, 0.4) is 0 Å². The van der Waals surface area contributed by atoms with E-state index in [0.29, 0.717) is 0 Å². The highest BCUT2D eigenvalue weighted by molar-refractivity contribution is 5.88. The van der Waals surface area contributed by atoms with E-state index in [1.54, 1.807) is 0 Å². The van der Waals surface area contributed by atoms with Crippen LogP contribution >= 0.6 is 0 Å². The molecule has 0 aromatic heterocycles. The van der Waals surface area contributed by atoms with E-state index in [9.17, 15) is 19.8 Å². The van der Waals surface area contributed by atoms with E-state index in [-0.39, 0.29) is 0 Å². The van der Waals surface area contributed by atoms with Crippen LogP contribution in [0, 0.1) is 5.41 Å². The molecule has 0 saturated heterocycles. The van der Waals surface area contributed by atoms with Crippen LogP contribution in [0.1, 0.15) is 20.3 Å². The van der Waals surface area contributed by atoms with E-state index in [1.807, 2.05) is 0 Å². The molecule has 2 amide bonds. The minimum Gasteiger partial charge on any atom is -0.392 e. The van der Waals surface area contributed by atoms with Gasteiger partial charge in [0.05, 0.1) is 12.2 Å². The summed E-state index contributed by atoms with van der Waals surface area (Å²) in [6, 6.07) is 0. The second-order valence-corrected chi connectivity index (χ2v) is 3.40. The van der Waals surface area contributed by atoms with Crippen molar-refractivity contribution in [3.8, 4) is 0 Å². The molecule has 0 radical (unpaired) electrons. The Balaban J connectivity index is 5.16. The van der Waals surface area contributed by atoms with E-state index < -0.39 is 35.9 Å². The lowest BCUT2D eigenvalue weighted by Gasteiger charge is -2.34. The first kappa shape index (κ1) is 12.9. The fourth-order valence-electron chi connectivity index (χ4n) is 1.43. The Morgan fingerprint density at radius 1 is 1.21 bits per heavy atom. The van der Waals surface area contributed by atoms with Crippen molar-refractivity contribution >= 4 is 11.8 Å². The zero-order valence-corrected chi connectivity index (χ0v) is 8.23. The van der Waals surface area contributed by atoms with Crippen LogP contribution in [0.4, 0.5) is 0 Å². The maximum atomic E-state index is 11.1. The summed E-state index contributed by atoms with van der Waals surface area (Å²) in [6.07, 6.45) is -2.96. The first-order valence-corrected chi connectivity index (χ1v) is 4.19. The predicted octanol–water partition coefficient (Wildman–Crippen LogP) is -1.90. The predicted molar refractivity (Wildman–Crippen MR) is 48.8 cm³/mol. The number of carbonyl (C=O) groups excluding carboxylic acids is 2. The topological polar surface area (TPSA) is 127 Å². The van der Waals surface area contributed by atoms with Crippen molar-refractivity contribution in [3.05, 3.63) is 0 Å². The van der Waals surface area contributed by atoms with Crippen molar-refractivity contribution in [2.45, 2.75) is 32.5 Å². The van der Waals surface area contributed by atoms with Crippen molar-refractivity contribution < 1.29 is 19.8 Å². The van der Waals surface area contributed by atoms with Crippen molar-refractivity contribution in [1.82, 2.24) is 0 Å². The molecule has 6 heteroatoms.